The number of allylic oxidation sites excluding steroid dienone is 1. The number of ether oxygens (including phenoxy) is 1. The number of rotatable bonds is 6. The zero-order valence-electron chi connectivity index (χ0n) is 15.8. The van der Waals surface area contributed by atoms with E-state index in [1.54, 1.807) is 42.2 Å². The molecule has 3 rings (SSSR count). The Balaban J connectivity index is 1.82. The monoisotopic (exact) mass is 391 g/mol. The van der Waals surface area contributed by atoms with Crippen LogP contribution in [0.4, 0.5) is 8.78 Å². The fourth-order valence-electron chi connectivity index (χ4n) is 3.38. The number of nitrogens with two attached hydrogens (primary N) is 1. The number of methoxy groups -OCH3 is 1. The van der Waals surface area contributed by atoms with Crippen LogP contribution in [0, 0.1) is 0 Å². The number of amidine groups is 1. The first-order valence-electron chi connectivity index (χ1n) is 8.95. The van der Waals surface area contributed by atoms with Crippen LogP contribution in [0.3, 0.4) is 0 Å². The number of nitrogens with zero attached hydrogens (tertiary/aromatic N) is 4. The lowest BCUT2D eigenvalue weighted by molar-refractivity contribution is -0.134. The van der Waals surface area contributed by atoms with E-state index >= 15 is 0 Å². The van der Waals surface area contributed by atoms with Gasteiger partial charge in [-0.15, -0.1) is 0 Å². The standard InChI is InChI=1S/C19H23F2N5O2/c1-12(26-15-6-4-3-5-14(15)24-19(26)18(20)21)9-16(22)23-13-7-8-25(10-13)17(27)11-28-2/h3-6,9,13,18H,7-8,10-11H2,1-2H3,(H2,22,23)/b12-9+/t13-/m0/s1. The number of fused-ring (bicyclic) bond motifs is 1. The molecule has 1 amide bonds. The van der Waals surface area contributed by atoms with Gasteiger partial charge in [-0.1, -0.05) is 12.1 Å². The zero-order valence-corrected chi connectivity index (χ0v) is 15.8. The van der Waals surface area contributed by atoms with Gasteiger partial charge < -0.3 is 15.4 Å². The van der Waals surface area contributed by atoms with Crippen LogP contribution >= 0.6 is 0 Å². The summed E-state index contributed by atoms with van der Waals surface area (Å²) in [5, 5.41) is 0. The summed E-state index contributed by atoms with van der Waals surface area (Å²) in [5.41, 5.74) is 7.60. The van der Waals surface area contributed by atoms with Crippen molar-refractivity contribution >= 4 is 28.5 Å². The number of carbonyl (C=O) groups is 1. The largest absolute Gasteiger partial charge is 0.384 e. The predicted octanol–water partition coefficient (Wildman–Crippen LogP) is 2.44. The molecule has 7 nitrogen and oxygen atoms in total. The molecule has 1 aromatic carbocycles. The van der Waals surface area contributed by atoms with E-state index in [9.17, 15) is 13.6 Å². The van der Waals surface area contributed by atoms with Gasteiger partial charge in [0.25, 0.3) is 6.43 Å². The molecular weight excluding hydrogens is 368 g/mol. The number of halogens is 2. The summed E-state index contributed by atoms with van der Waals surface area (Å²) in [6.45, 7) is 2.78. The van der Waals surface area contributed by atoms with Crippen LogP contribution in [0.25, 0.3) is 16.7 Å². The molecule has 0 radical (unpaired) electrons. The fourth-order valence-corrected chi connectivity index (χ4v) is 3.38. The number of imidazole rings is 1. The van der Waals surface area contributed by atoms with Crippen LogP contribution < -0.4 is 5.73 Å². The molecule has 2 N–H and O–H groups in total. The molecule has 2 heterocycles. The smallest absolute Gasteiger partial charge is 0.295 e. The van der Waals surface area contributed by atoms with E-state index in [1.165, 1.54) is 11.7 Å². The molecule has 0 spiro atoms. The summed E-state index contributed by atoms with van der Waals surface area (Å²) in [6, 6.07) is 6.81. The number of likely N-dealkylation sites (tertiary alicyclic amines) is 1. The zero-order chi connectivity index (χ0) is 20.3. The molecule has 0 bridgehead atoms. The minimum absolute atomic E-state index is 0.0367. The van der Waals surface area contributed by atoms with Gasteiger partial charge in [0.15, 0.2) is 5.82 Å². The summed E-state index contributed by atoms with van der Waals surface area (Å²) >= 11 is 0. The van der Waals surface area contributed by atoms with E-state index in [4.69, 9.17) is 10.5 Å². The second kappa shape index (κ2) is 8.47. The molecule has 1 fully saturated rings. The van der Waals surface area contributed by atoms with Crippen LogP contribution in [-0.2, 0) is 9.53 Å². The molecule has 150 valence electrons. The Hall–Kier alpha value is -2.81. The van der Waals surface area contributed by atoms with Crippen molar-refractivity contribution in [3.8, 4) is 0 Å². The Bertz CT molecular complexity index is 922. The van der Waals surface area contributed by atoms with Crippen LogP contribution in [0.5, 0.6) is 0 Å². The van der Waals surface area contributed by atoms with Crippen molar-refractivity contribution in [2.24, 2.45) is 10.7 Å². The maximum absolute atomic E-state index is 13.5. The van der Waals surface area contributed by atoms with Gasteiger partial charge in [0, 0.05) is 25.9 Å². The van der Waals surface area contributed by atoms with Crippen molar-refractivity contribution in [1.82, 2.24) is 14.5 Å². The highest BCUT2D eigenvalue weighted by atomic mass is 19.3. The molecule has 0 aliphatic carbocycles. The summed E-state index contributed by atoms with van der Waals surface area (Å²) < 4.78 is 33.2. The molecule has 0 unspecified atom stereocenters. The minimum Gasteiger partial charge on any atom is -0.384 e. The lowest BCUT2D eigenvalue weighted by Crippen LogP contribution is -2.32. The number of carbonyl (C=O) groups excluding carboxylic acids is 1. The van der Waals surface area contributed by atoms with Crippen molar-refractivity contribution < 1.29 is 18.3 Å². The SMILES string of the molecule is COCC(=O)N1CC[C@H](N=C(N)/C=C(\C)n2c(C(F)F)nc3ccccc32)C1. The first-order valence-corrected chi connectivity index (χ1v) is 8.95. The number of para-hydroxylation sites is 2. The summed E-state index contributed by atoms with van der Waals surface area (Å²) in [6.07, 6.45) is -0.469. The predicted molar refractivity (Wildman–Crippen MR) is 103 cm³/mol. The number of alkyl halides is 2. The van der Waals surface area contributed by atoms with Crippen molar-refractivity contribution in [1.29, 1.82) is 0 Å². The first kappa shape index (κ1) is 19.9. The van der Waals surface area contributed by atoms with E-state index in [-0.39, 0.29) is 30.2 Å². The number of hydrogen-bond donors (Lipinski definition) is 1. The maximum Gasteiger partial charge on any atom is 0.295 e. The maximum atomic E-state index is 13.5. The highest BCUT2D eigenvalue weighted by Gasteiger charge is 2.26. The van der Waals surface area contributed by atoms with Crippen LogP contribution in [0.15, 0.2) is 35.3 Å². The second-order valence-corrected chi connectivity index (χ2v) is 6.65. The highest BCUT2D eigenvalue weighted by molar-refractivity contribution is 5.97. The molecule has 1 aromatic heterocycles. The Morgan fingerprint density at radius 2 is 2.21 bits per heavy atom. The van der Waals surface area contributed by atoms with E-state index in [0.29, 0.717) is 36.2 Å². The van der Waals surface area contributed by atoms with E-state index in [1.807, 2.05) is 0 Å². The van der Waals surface area contributed by atoms with Gasteiger partial charge in [-0.05, 0) is 31.6 Å². The third-order valence-electron chi connectivity index (χ3n) is 4.61. The number of aliphatic imine (C=N–C) groups is 1. The van der Waals surface area contributed by atoms with Crippen LogP contribution in [-0.4, -0.2) is 59.0 Å². The van der Waals surface area contributed by atoms with E-state index in [2.05, 4.69) is 9.98 Å². The summed E-state index contributed by atoms with van der Waals surface area (Å²) in [5.74, 6) is -0.196. The third kappa shape index (κ3) is 4.19. The van der Waals surface area contributed by atoms with Crippen LogP contribution in [0.2, 0.25) is 0 Å². The van der Waals surface area contributed by atoms with E-state index < -0.39 is 6.43 Å². The molecule has 2 aromatic rings. The molecule has 1 aliphatic heterocycles. The number of aromatic nitrogens is 2. The number of amides is 1. The average Bonchev–Trinajstić information content (AvgIpc) is 3.26. The lowest BCUT2D eigenvalue weighted by Gasteiger charge is -2.14. The molecular formula is C19H23F2N5O2. The second-order valence-electron chi connectivity index (χ2n) is 6.65. The molecule has 1 aliphatic rings. The van der Waals surface area contributed by atoms with Crippen molar-refractivity contribution in [2.45, 2.75) is 25.8 Å². The Labute approximate surface area is 161 Å². The third-order valence-corrected chi connectivity index (χ3v) is 4.61. The molecule has 1 atom stereocenters. The topological polar surface area (TPSA) is 85.7 Å². The van der Waals surface area contributed by atoms with Gasteiger partial charge in [0.1, 0.15) is 12.4 Å². The van der Waals surface area contributed by atoms with Crippen molar-refractivity contribution in [3.63, 3.8) is 0 Å². The molecule has 9 heteroatoms. The minimum atomic E-state index is -2.72. The first-order chi connectivity index (χ1) is 13.4. The molecule has 0 saturated carbocycles. The van der Waals surface area contributed by atoms with Gasteiger partial charge in [0.2, 0.25) is 5.91 Å². The Morgan fingerprint density at radius 1 is 1.46 bits per heavy atom. The number of hydrogen-bond acceptors (Lipinski definition) is 4. The van der Waals surface area contributed by atoms with E-state index in [0.717, 1.165) is 0 Å². The lowest BCUT2D eigenvalue weighted by atomic mass is 10.2. The van der Waals surface area contributed by atoms with Gasteiger partial charge in [-0.3, -0.25) is 14.4 Å². The van der Waals surface area contributed by atoms with Gasteiger partial charge in [-0.2, -0.15) is 0 Å². The normalized spacial score (nSPS) is 18.5. The van der Waals surface area contributed by atoms with Gasteiger partial charge in [-0.25, -0.2) is 13.8 Å². The van der Waals surface area contributed by atoms with Gasteiger partial charge in [0.05, 0.1) is 17.1 Å². The Kier molecular flexibility index (Phi) is 6.03. The Morgan fingerprint density at radius 3 is 2.93 bits per heavy atom. The van der Waals surface area contributed by atoms with Crippen molar-refractivity contribution in [2.75, 3.05) is 26.8 Å². The van der Waals surface area contributed by atoms with Gasteiger partial charge >= 0.3 is 0 Å². The average molecular weight is 391 g/mol. The number of benzene rings is 1. The summed E-state index contributed by atoms with van der Waals surface area (Å²) in [4.78, 5) is 22.0. The summed E-state index contributed by atoms with van der Waals surface area (Å²) in [7, 11) is 1.47. The van der Waals surface area contributed by atoms with Crippen LogP contribution in [0.1, 0.15) is 25.6 Å². The molecule has 1 saturated heterocycles. The quantitative estimate of drug-likeness (QED) is 0.605. The molecule has 28 heavy (non-hydrogen) atoms. The fraction of sp³-hybridized carbons (Fsp3) is 0.421. The highest BCUT2D eigenvalue weighted by Crippen LogP contribution is 2.27. The van der Waals surface area contributed by atoms with Crippen molar-refractivity contribution in [3.05, 3.63) is 36.2 Å².